The second-order valence-electron chi connectivity index (χ2n) is 9.86. The van der Waals surface area contributed by atoms with Crippen molar-refractivity contribution in [2.75, 3.05) is 39.9 Å². The molecular formula is C28H39N3O5S. The number of ether oxygens (including phenoxy) is 1. The van der Waals surface area contributed by atoms with Crippen molar-refractivity contribution in [2.24, 2.45) is 5.92 Å². The lowest BCUT2D eigenvalue weighted by molar-refractivity contribution is -0.139. The summed E-state index contributed by atoms with van der Waals surface area (Å²) in [6.07, 6.45) is 1.30. The third-order valence-corrected chi connectivity index (χ3v) is 8.60. The lowest BCUT2D eigenvalue weighted by Gasteiger charge is -2.40. The second kappa shape index (κ2) is 13.2. The Kier molecular flexibility index (Phi) is 10.3. The molecule has 0 radical (unpaired) electrons. The average molecular weight is 530 g/mol. The highest BCUT2D eigenvalue weighted by Gasteiger charge is 2.33. The van der Waals surface area contributed by atoms with Crippen LogP contribution in [0.3, 0.4) is 0 Å². The summed E-state index contributed by atoms with van der Waals surface area (Å²) in [5.74, 6) is -0.209. The number of nitrogens with zero attached hydrogens (tertiary/aromatic N) is 3. The minimum atomic E-state index is -3.89. The second-order valence-corrected chi connectivity index (χ2v) is 11.8. The van der Waals surface area contributed by atoms with E-state index in [-0.39, 0.29) is 48.4 Å². The van der Waals surface area contributed by atoms with Crippen molar-refractivity contribution in [3.8, 4) is 0 Å². The predicted octanol–water partition coefficient (Wildman–Crippen LogP) is 3.31. The van der Waals surface area contributed by atoms with E-state index in [2.05, 4.69) is 0 Å². The molecule has 0 saturated carbocycles. The Morgan fingerprint density at radius 1 is 1.03 bits per heavy atom. The van der Waals surface area contributed by atoms with Crippen LogP contribution in [0.15, 0.2) is 59.5 Å². The number of amides is 2. The molecule has 37 heavy (non-hydrogen) atoms. The van der Waals surface area contributed by atoms with Gasteiger partial charge in [0.05, 0.1) is 18.0 Å². The third kappa shape index (κ3) is 7.63. The molecule has 1 aliphatic heterocycles. The number of hydrogen-bond acceptors (Lipinski definition) is 5. The fourth-order valence-electron chi connectivity index (χ4n) is 4.53. The fourth-order valence-corrected chi connectivity index (χ4v) is 5.93. The van der Waals surface area contributed by atoms with Gasteiger partial charge in [-0.1, -0.05) is 61.9 Å². The molecule has 1 aliphatic rings. The SMILES string of the molecule is COCCN(CC(=O)N(Cc1ccc(C)cc1)C1CCN(C(=O)C(C)C)CC1)S(=O)(=O)c1ccccc1. The van der Waals surface area contributed by atoms with Gasteiger partial charge in [-0.05, 0) is 37.5 Å². The zero-order valence-electron chi connectivity index (χ0n) is 22.3. The van der Waals surface area contributed by atoms with E-state index in [9.17, 15) is 18.0 Å². The highest BCUT2D eigenvalue weighted by atomic mass is 32.2. The minimum absolute atomic E-state index is 0.0686. The molecule has 0 spiro atoms. The standard InChI is InChI=1S/C28H39N3O5S/c1-22(2)28(33)29-16-14-25(15-17-29)31(20-24-12-10-23(3)11-13-24)27(32)21-30(18-19-36-4)37(34,35)26-8-6-5-7-9-26/h5-13,22,25H,14-21H2,1-4H3. The fraction of sp³-hybridized carbons (Fsp3) is 0.500. The Morgan fingerprint density at radius 2 is 1.65 bits per heavy atom. The number of rotatable bonds is 11. The van der Waals surface area contributed by atoms with Gasteiger partial charge in [0.1, 0.15) is 0 Å². The van der Waals surface area contributed by atoms with E-state index in [4.69, 9.17) is 4.74 Å². The summed E-state index contributed by atoms with van der Waals surface area (Å²) < 4.78 is 33.2. The summed E-state index contributed by atoms with van der Waals surface area (Å²) >= 11 is 0. The number of carbonyl (C=O) groups is 2. The van der Waals surface area contributed by atoms with Gasteiger partial charge in [-0.15, -0.1) is 0 Å². The number of methoxy groups -OCH3 is 1. The van der Waals surface area contributed by atoms with E-state index in [0.29, 0.717) is 32.5 Å². The Morgan fingerprint density at radius 3 is 2.22 bits per heavy atom. The molecule has 0 unspecified atom stereocenters. The zero-order valence-corrected chi connectivity index (χ0v) is 23.1. The Bertz CT molecular complexity index is 1130. The molecule has 0 aliphatic carbocycles. The summed E-state index contributed by atoms with van der Waals surface area (Å²) in [5.41, 5.74) is 2.11. The normalized spacial score (nSPS) is 14.8. The molecule has 0 atom stereocenters. The maximum absolute atomic E-state index is 13.8. The third-order valence-electron chi connectivity index (χ3n) is 6.74. The van der Waals surface area contributed by atoms with Crippen molar-refractivity contribution >= 4 is 21.8 Å². The molecule has 2 amide bonds. The molecule has 2 aromatic rings. The Hall–Kier alpha value is -2.75. The van der Waals surface area contributed by atoms with E-state index in [1.807, 2.05) is 49.9 Å². The van der Waals surface area contributed by atoms with E-state index >= 15 is 0 Å². The van der Waals surface area contributed by atoms with Gasteiger partial charge in [0.15, 0.2) is 0 Å². The van der Waals surface area contributed by atoms with Gasteiger partial charge in [0.25, 0.3) is 0 Å². The first-order valence-electron chi connectivity index (χ1n) is 12.8. The average Bonchev–Trinajstić information content (AvgIpc) is 2.90. The minimum Gasteiger partial charge on any atom is -0.383 e. The molecule has 1 heterocycles. The van der Waals surface area contributed by atoms with Gasteiger partial charge in [-0.2, -0.15) is 4.31 Å². The molecule has 0 aromatic heterocycles. The van der Waals surface area contributed by atoms with Crippen molar-refractivity contribution in [3.63, 3.8) is 0 Å². The van der Waals surface area contributed by atoms with Crippen LogP contribution < -0.4 is 0 Å². The van der Waals surface area contributed by atoms with E-state index in [1.54, 1.807) is 23.1 Å². The van der Waals surface area contributed by atoms with E-state index < -0.39 is 10.0 Å². The topological polar surface area (TPSA) is 87.2 Å². The summed E-state index contributed by atoms with van der Waals surface area (Å²) in [7, 11) is -2.38. The van der Waals surface area contributed by atoms with Crippen molar-refractivity contribution in [2.45, 2.75) is 51.1 Å². The number of aryl methyl sites for hydroxylation is 1. The lowest BCUT2D eigenvalue weighted by Crippen LogP contribution is -2.52. The highest BCUT2D eigenvalue weighted by molar-refractivity contribution is 7.89. The number of hydrogen-bond donors (Lipinski definition) is 0. The molecule has 202 valence electrons. The van der Waals surface area contributed by atoms with Crippen LogP contribution in [0.25, 0.3) is 0 Å². The number of piperidine rings is 1. The molecule has 3 rings (SSSR count). The number of benzene rings is 2. The number of likely N-dealkylation sites (tertiary alicyclic amines) is 1. The van der Waals surface area contributed by atoms with E-state index in [0.717, 1.165) is 11.1 Å². The maximum atomic E-state index is 13.8. The molecule has 1 saturated heterocycles. The summed E-state index contributed by atoms with van der Waals surface area (Å²) in [6, 6.07) is 16.1. The largest absolute Gasteiger partial charge is 0.383 e. The summed E-state index contributed by atoms with van der Waals surface area (Å²) in [5, 5.41) is 0. The van der Waals surface area contributed by atoms with Crippen molar-refractivity contribution in [1.82, 2.24) is 14.1 Å². The first kappa shape index (κ1) is 28.8. The van der Waals surface area contributed by atoms with Crippen LogP contribution in [-0.2, 0) is 30.9 Å². The summed E-state index contributed by atoms with van der Waals surface area (Å²) in [6.45, 7) is 7.29. The van der Waals surface area contributed by atoms with Crippen LogP contribution in [0.1, 0.15) is 37.8 Å². The monoisotopic (exact) mass is 529 g/mol. The van der Waals surface area contributed by atoms with Crippen LogP contribution in [0.5, 0.6) is 0 Å². The van der Waals surface area contributed by atoms with Crippen molar-refractivity contribution < 1.29 is 22.7 Å². The van der Waals surface area contributed by atoms with Crippen LogP contribution in [0.2, 0.25) is 0 Å². The molecule has 9 heteroatoms. The Balaban J connectivity index is 1.84. The number of carbonyl (C=O) groups excluding carboxylic acids is 2. The van der Waals surface area contributed by atoms with Gasteiger partial charge in [-0.3, -0.25) is 9.59 Å². The van der Waals surface area contributed by atoms with Gasteiger partial charge in [0.2, 0.25) is 21.8 Å². The van der Waals surface area contributed by atoms with Crippen LogP contribution in [0, 0.1) is 12.8 Å². The first-order chi connectivity index (χ1) is 17.6. The molecule has 0 bridgehead atoms. The zero-order chi connectivity index (χ0) is 27.0. The van der Waals surface area contributed by atoms with Gasteiger partial charge >= 0.3 is 0 Å². The molecule has 2 aromatic carbocycles. The van der Waals surface area contributed by atoms with Crippen molar-refractivity contribution in [3.05, 3.63) is 65.7 Å². The predicted molar refractivity (Wildman–Crippen MR) is 143 cm³/mol. The maximum Gasteiger partial charge on any atom is 0.243 e. The van der Waals surface area contributed by atoms with Gasteiger partial charge in [0, 0.05) is 45.2 Å². The quantitative estimate of drug-likeness (QED) is 0.446. The molecule has 0 N–H and O–H groups in total. The molecule has 8 nitrogen and oxygen atoms in total. The summed E-state index contributed by atoms with van der Waals surface area (Å²) in [4.78, 5) is 30.1. The smallest absolute Gasteiger partial charge is 0.243 e. The van der Waals surface area contributed by atoms with Gasteiger partial charge in [-0.25, -0.2) is 8.42 Å². The highest BCUT2D eigenvalue weighted by Crippen LogP contribution is 2.23. The van der Waals surface area contributed by atoms with Crippen molar-refractivity contribution in [1.29, 1.82) is 0 Å². The molecule has 1 fully saturated rings. The lowest BCUT2D eigenvalue weighted by atomic mass is 10.0. The first-order valence-corrected chi connectivity index (χ1v) is 14.3. The van der Waals surface area contributed by atoms with Crippen LogP contribution in [-0.4, -0.2) is 80.3 Å². The van der Waals surface area contributed by atoms with Crippen LogP contribution in [0.4, 0.5) is 0 Å². The van der Waals surface area contributed by atoms with E-state index in [1.165, 1.54) is 23.5 Å². The number of sulfonamides is 1. The van der Waals surface area contributed by atoms with Gasteiger partial charge < -0.3 is 14.5 Å². The van der Waals surface area contributed by atoms with Crippen LogP contribution >= 0.6 is 0 Å². The Labute approximate surface area is 221 Å². The molecular weight excluding hydrogens is 490 g/mol.